The summed E-state index contributed by atoms with van der Waals surface area (Å²) in [6, 6.07) is 3.40. The Morgan fingerprint density at radius 1 is 0.387 bits per heavy atom. The number of aromatic nitrogens is 21. The lowest BCUT2D eigenvalue weighted by molar-refractivity contribution is -0.0615. The molecule has 9 fully saturated rings. The van der Waals surface area contributed by atoms with Gasteiger partial charge in [0.15, 0.2) is 94.0 Å². The number of aliphatic hydroxyl groups is 4. The molecule has 9 saturated heterocycles. The number of aliphatic hydroxyl groups excluding tert-OH is 4. The Bertz CT molecular complexity index is 7020. The Hall–Kier alpha value is -8.30. The Kier molecular flexibility index (Phi) is 26.7. The van der Waals surface area contributed by atoms with Crippen molar-refractivity contribution in [2.24, 2.45) is 5.11 Å². The fourth-order valence-corrected chi connectivity index (χ4v) is 24.8. The first-order valence-electron chi connectivity index (χ1n) is 39.6. The third-order valence-corrected chi connectivity index (χ3v) is 31.8. The number of ether oxygens (including phenoxy) is 6. The largest absolute Gasteiger partial charge is 0.397 e. The summed E-state index contributed by atoms with van der Waals surface area (Å²) in [7, 11) is 0. The fourth-order valence-electron chi connectivity index (χ4n) is 16.2. The molecule has 12 aromatic heterocycles. The van der Waals surface area contributed by atoms with Crippen LogP contribution in [0.4, 0.5) is 39.3 Å². The topological polar surface area (TPSA) is 853 Å². The van der Waals surface area contributed by atoms with Crippen LogP contribution in [-0.2, 0) is 146 Å². The molecule has 9 aliphatic rings. The first-order valence-corrected chi connectivity index (χ1v) is 55.3. The number of nitrogens with zero attached hydrogens (tertiary/aromatic N) is 21. The average Bonchev–Trinajstić information content (AvgIpc) is 2.37. The van der Waals surface area contributed by atoms with E-state index >= 15 is 4.39 Å². The number of hydrogen-bond donors (Lipinski definition) is 19. The molecule has 12 aromatic rings. The standard InChI is InChI=1S/C21H23FN12O9P2S2.2C21H25N9O11P2S2/c22-10-8-3-38-45(37,47)43-15-12(31-32-25)9(41-20(15)33-5-27-11-7(23)1-2-26-16(11)33)4-39-44(36,46)42-14(10)19(40-8)34-6-28-13-17(34)29-21(24)30-18(13)35;2*22-7-1-2-24-16-10(7)25-5-29(16)19-14-12(31)8(38-19)3-36-43(35,45)41-15-13(32)9(4-37-42(34,44)40-14)39-20(15)30-6-26-11-17(30)27-21(23)28-18(11)33/h1-2,5-6,8-10,12,14-15,19-20H,3-4H2,(H2,23,26)(H,36,46)(H,37,47)(H3,24,29,30,35);2*1-2,5-6,8-9,12-15,19-20,31-32H,3-4H2,(H2,22,24)(H,34,44)(H,35,45)(H3,23,27,28,33)/t8-,9-,10-,12-,14-,15-,19-,20-,44?,45?;2*8-,9-,12?,13?,14+,15+,19-,20-,42?,43?/m111/s1. The highest BCUT2D eigenvalue weighted by Gasteiger charge is 2.58. The summed E-state index contributed by atoms with van der Waals surface area (Å²) < 4.78 is 141. The van der Waals surface area contributed by atoms with Crippen molar-refractivity contribution >= 4 is 214 Å². The molecule has 0 spiro atoms. The van der Waals surface area contributed by atoms with E-state index < -0.39 is 244 Å². The summed E-state index contributed by atoms with van der Waals surface area (Å²) >= 11 is 30.3. The van der Waals surface area contributed by atoms with Gasteiger partial charge in [-0.2, -0.15) is 15.0 Å². The van der Waals surface area contributed by atoms with Crippen LogP contribution in [-0.4, -0.2) is 297 Å². The predicted molar refractivity (Wildman–Crippen MR) is 483 cm³/mol. The van der Waals surface area contributed by atoms with E-state index in [-0.39, 0.29) is 68.3 Å². The van der Waals surface area contributed by atoms with Gasteiger partial charge in [-0.1, -0.05) is 17.4 Å². The van der Waals surface area contributed by atoms with Crippen LogP contribution in [0.15, 0.2) is 94.3 Å². The SMILES string of the molecule is Nc1nc2c(ncn2[C@@H]2O[C@@H]3COP(=O)(S)O[C@H]4C(O)[C@@H](COP(O)(=S)O[C@H]2C3O)O[C@H]4n2cnc3c(N)ccnc32)c(=O)[nH]1.Nc1nc2c(ncn2[C@@H]2O[C@@H]3COP(O)(=S)O[C@H]4C(O)[C@@H](COP(O)(=S)O[C@H]2C3O)O[C@H]4n2cnc3c(N)ccnc32)c(=O)[nH]1.[N-]=[N+]=N[C@H]1[C@H]2OP(O)(=S)OC[C@H]3O[C@@H](n4cnc5c(=O)[nH]c(N)nc54)[C@H](OP(O)(=S)OC[C@H]1O[C@H]2n1cnc2c(N)ccnc21)[C@@H]3F. The van der Waals surface area contributed by atoms with Gasteiger partial charge in [-0.25, -0.2) is 53.8 Å². The number of nitrogens with one attached hydrogen (secondary N) is 3. The van der Waals surface area contributed by atoms with Gasteiger partial charge in [0.1, 0.15) is 108 Å². The number of nitrogens with two attached hydrogens (primary N) is 6. The van der Waals surface area contributed by atoms with Crippen molar-refractivity contribution < 1.29 is 137 Å². The van der Waals surface area contributed by atoms with E-state index in [0.29, 0.717) is 33.6 Å². The van der Waals surface area contributed by atoms with Gasteiger partial charge in [0, 0.05) is 23.5 Å². The van der Waals surface area contributed by atoms with Gasteiger partial charge in [-0.3, -0.25) is 83.9 Å². The zero-order chi connectivity index (χ0) is 96.9. The maximum Gasteiger partial charge on any atom is 0.386 e. The highest BCUT2D eigenvalue weighted by molar-refractivity contribution is 8.44. The summed E-state index contributed by atoms with van der Waals surface area (Å²) in [4.78, 5) is 152. The molecule has 30 atom stereocenters. The number of nitrogen functional groups attached to an aromatic ring is 6. The molecule has 24 N–H and O–H groups in total. The van der Waals surface area contributed by atoms with E-state index in [1.54, 1.807) is 18.2 Å². The Balaban J connectivity index is 0.000000132. The van der Waals surface area contributed by atoms with Crippen LogP contribution in [0.2, 0.25) is 0 Å². The van der Waals surface area contributed by atoms with E-state index in [9.17, 15) is 69.4 Å². The van der Waals surface area contributed by atoms with Gasteiger partial charge in [-0.15, -0.1) is 0 Å². The molecule has 137 heavy (non-hydrogen) atoms. The van der Waals surface area contributed by atoms with Crippen molar-refractivity contribution in [2.75, 3.05) is 74.0 Å². The smallest absolute Gasteiger partial charge is 0.386 e. The summed E-state index contributed by atoms with van der Waals surface area (Å²) in [5.74, 6) is -0.691. The molecule has 0 radical (unpaired) electrons. The van der Waals surface area contributed by atoms with E-state index in [1.165, 1.54) is 77.6 Å². The Morgan fingerprint density at radius 2 is 0.642 bits per heavy atom. The van der Waals surface area contributed by atoms with E-state index in [0.717, 1.165) is 6.33 Å². The number of alkyl halides is 1. The predicted octanol–water partition coefficient (Wildman–Crippen LogP) is -1.39. The number of halogens is 1. The minimum Gasteiger partial charge on any atom is -0.397 e. The number of thiol groups is 1. The van der Waals surface area contributed by atoms with Gasteiger partial charge < -0.3 is 135 Å². The number of rotatable bonds is 7. The minimum absolute atomic E-state index is 0.0209. The quantitative estimate of drug-likeness (QED) is 0.0287. The molecular formula is C63H73FN30O31P6S6. The number of pyridine rings is 3. The van der Waals surface area contributed by atoms with Crippen LogP contribution in [0.5, 0.6) is 0 Å². The van der Waals surface area contributed by atoms with Crippen molar-refractivity contribution in [1.82, 2.24) is 102 Å². The maximum absolute atomic E-state index is 16.0. The first kappa shape index (κ1) is 97.5. The highest BCUT2D eigenvalue weighted by Crippen LogP contribution is 2.61. The molecule has 21 rings (SSSR count). The van der Waals surface area contributed by atoms with Crippen LogP contribution in [0.3, 0.4) is 0 Å². The van der Waals surface area contributed by atoms with Crippen molar-refractivity contribution in [3.05, 3.63) is 116 Å². The fraction of sp³-hybridized carbons (Fsp3) is 0.476. The van der Waals surface area contributed by atoms with Crippen molar-refractivity contribution in [2.45, 2.75) is 147 Å². The second-order valence-corrected chi connectivity index (χ2v) is 47.8. The van der Waals surface area contributed by atoms with Crippen LogP contribution in [0.1, 0.15) is 37.4 Å². The van der Waals surface area contributed by atoms with Crippen LogP contribution in [0.25, 0.3) is 77.4 Å². The zero-order valence-corrected chi connectivity index (χ0v) is 78.8. The van der Waals surface area contributed by atoms with Crippen molar-refractivity contribution in [3.8, 4) is 0 Å². The number of aromatic amines is 3. The highest BCUT2D eigenvalue weighted by atomic mass is 32.7. The summed E-state index contributed by atoms with van der Waals surface area (Å²) in [5, 5.41) is 48.6. The number of imidazole rings is 6. The Morgan fingerprint density at radius 3 is 0.978 bits per heavy atom. The van der Waals surface area contributed by atoms with Crippen LogP contribution >= 0.6 is 52.6 Å². The molecule has 10 unspecified atom stereocenters. The van der Waals surface area contributed by atoms with Crippen molar-refractivity contribution in [3.63, 3.8) is 0 Å². The maximum atomic E-state index is 16.0. The van der Waals surface area contributed by atoms with Gasteiger partial charge in [0.05, 0.1) is 107 Å². The lowest BCUT2D eigenvalue weighted by Crippen LogP contribution is -2.38. The summed E-state index contributed by atoms with van der Waals surface area (Å²) in [5.41, 5.74) is 45.0. The van der Waals surface area contributed by atoms with E-state index in [2.05, 4.69) is 97.0 Å². The van der Waals surface area contributed by atoms with Gasteiger partial charge in [-0.05, 0) is 82.8 Å². The van der Waals surface area contributed by atoms with Gasteiger partial charge >= 0.3 is 40.4 Å². The molecular weight excluding hydrogens is 2070 g/mol. The lowest BCUT2D eigenvalue weighted by Gasteiger charge is -2.28. The minimum atomic E-state index is -4.33. The Labute approximate surface area is 790 Å². The third-order valence-electron chi connectivity index (χ3n) is 22.4. The summed E-state index contributed by atoms with van der Waals surface area (Å²) in [6.45, 7) is -29.0. The zero-order valence-electron chi connectivity index (χ0n) is 68.4. The molecule has 734 valence electrons. The van der Waals surface area contributed by atoms with Crippen LogP contribution < -0.4 is 51.1 Å². The average molecular weight is 2140 g/mol. The van der Waals surface area contributed by atoms with E-state index in [1.807, 2.05) is 0 Å². The number of anilines is 6. The van der Waals surface area contributed by atoms with Gasteiger partial charge in [0.25, 0.3) is 16.7 Å². The monoisotopic (exact) mass is 2140 g/mol. The molecule has 21 heterocycles. The van der Waals surface area contributed by atoms with Gasteiger partial charge in [0.2, 0.25) is 17.8 Å². The number of fused-ring (bicyclic) bond motifs is 18. The third kappa shape index (κ3) is 19.1. The molecule has 74 heteroatoms. The molecule has 12 bridgehead atoms. The van der Waals surface area contributed by atoms with E-state index in [4.69, 9.17) is 176 Å². The first-order chi connectivity index (χ1) is 65.0. The number of hydrogen-bond acceptors (Lipinski definition) is 50. The second-order valence-electron chi connectivity index (χ2n) is 31.0. The molecule has 0 aliphatic carbocycles. The number of H-pyrrole nitrogens is 3. The van der Waals surface area contributed by atoms with Crippen LogP contribution in [0, 0.1) is 0 Å². The summed E-state index contributed by atoms with van der Waals surface area (Å²) in [6.07, 6.45) is -20.3. The molecule has 0 saturated carbocycles. The molecule has 0 aromatic carbocycles. The molecule has 61 nitrogen and oxygen atoms in total. The molecule has 0 amide bonds. The number of azide groups is 1. The second kappa shape index (κ2) is 37.5. The normalized spacial score (nSPS) is 37.2. The van der Waals surface area contributed by atoms with Crippen molar-refractivity contribution in [1.29, 1.82) is 0 Å². The molecule has 9 aliphatic heterocycles. The lowest BCUT2D eigenvalue weighted by atomic mass is 10.1.